The van der Waals surface area contributed by atoms with Gasteiger partial charge in [0.25, 0.3) is 0 Å². The molecule has 3 aromatic carbocycles. The fourth-order valence-electron chi connectivity index (χ4n) is 3.37. The molecule has 0 fully saturated rings. The van der Waals surface area contributed by atoms with Crippen molar-refractivity contribution in [3.8, 4) is 33.6 Å². The molecule has 4 rings (SSSR count). The molecule has 0 radical (unpaired) electrons. The van der Waals surface area contributed by atoms with Crippen LogP contribution in [0.3, 0.4) is 0 Å². The Morgan fingerprint density at radius 2 is 0.926 bits per heavy atom. The van der Waals surface area contributed by atoms with E-state index in [1.54, 1.807) is 0 Å². The summed E-state index contributed by atoms with van der Waals surface area (Å²) in [5, 5.41) is 0. The van der Waals surface area contributed by atoms with Crippen molar-refractivity contribution in [2.45, 2.75) is 6.92 Å². The quantitative estimate of drug-likeness (QED) is 0.372. The average Bonchev–Trinajstić information content (AvgIpc) is 2.76. The van der Waals surface area contributed by atoms with Crippen LogP contribution < -0.4 is 4.57 Å². The Balaban J connectivity index is 2.04. The van der Waals surface area contributed by atoms with Crippen molar-refractivity contribution in [1.29, 1.82) is 0 Å². The van der Waals surface area contributed by atoms with E-state index in [9.17, 15) is 0 Å². The van der Waals surface area contributed by atoms with Crippen LogP contribution in [0.4, 0.5) is 0 Å². The Labute approximate surface area is 160 Å². The first-order valence-corrected chi connectivity index (χ1v) is 9.25. The minimum Gasteiger partial charge on any atom is -0.160 e. The predicted octanol–water partition coefficient (Wildman–Crippen LogP) is 6.47. The van der Waals surface area contributed by atoms with E-state index in [1.807, 2.05) is 0 Å². The van der Waals surface area contributed by atoms with Gasteiger partial charge in [-0.3, -0.25) is 0 Å². The SMILES string of the molecule is CC=C[n+]1c(-c2ccccc2)cc(-c2ccccc2)cc1-c1ccccc1. The molecule has 0 aliphatic heterocycles. The molecule has 0 saturated carbocycles. The van der Waals surface area contributed by atoms with Gasteiger partial charge in [0.05, 0.1) is 0 Å². The molecule has 1 aromatic heterocycles. The van der Waals surface area contributed by atoms with E-state index in [2.05, 4.69) is 127 Å². The van der Waals surface area contributed by atoms with Gasteiger partial charge in [-0.2, -0.15) is 4.57 Å². The van der Waals surface area contributed by atoms with E-state index in [0.29, 0.717) is 0 Å². The monoisotopic (exact) mass is 348 g/mol. The standard InChI is InChI=1S/C26H22N/c1-2-18-27-25(22-14-8-4-9-15-22)19-24(21-12-6-3-7-13-21)20-26(27)23-16-10-5-11-17-23/h2-20H,1H3/q+1. The molecule has 0 aliphatic carbocycles. The molecule has 0 bridgehead atoms. The average molecular weight is 348 g/mol. The third-order valence-corrected chi connectivity index (χ3v) is 4.65. The Morgan fingerprint density at radius 1 is 0.519 bits per heavy atom. The largest absolute Gasteiger partial charge is 0.219 e. The van der Waals surface area contributed by atoms with Gasteiger partial charge in [-0.05, 0) is 48.4 Å². The zero-order valence-electron chi connectivity index (χ0n) is 15.4. The van der Waals surface area contributed by atoms with Crippen LogP contribution in [0.5, 0.6) is 0 Å². The van der Waals surface area contributed by atoms with Crippen LogP contribution in [-0.4, -0.2) is 0 Å². The summed E-state index contributed by atoms with van der Waals surface area (Å²) in [5.41, 5.74) is 7.19. The lowest BCUT2D eigenvalue weighted by Crippen LogP contribution is -2.32. The van der Waals surface area contributed by atoms with Crippen LogP contribution in [-0.2, 0) is 0 Å². The summed E-state index contributed by atoms with van der Waals surface area (Å²) >= 11 is 0. The molecule has 1 heteroatoms. The molecule has 4 aromatic rings. The number of rotatable bonds is 4. The topological polar surface area (TPSA) is 3.88 Å². The number of nitrogens with zero attached hydrogens (tertiary/aromatic N) is 1. The Morgan fingerprint density at radius 3 is 1.33 bits per heavy atom. The Hall–Kier alpha value is -3.45. The van der Waals surface area contributed by atoms with Crippen molar-refractivity contribution in [1.82, 2.24) is 0 Å². The van der Waals surface area contributed by atoms with Crippen LogP contribution in [0.1, 0.15) is 6.92 Å². The molecule has 0 aliphatic rings. The van der Waals surface area contributed by atoms with Gasteiger partial charge in [-0.1, -0.05) is 66.7 Å². The molecule has 1 nitrogen and oxygen atoms in total. The fourth-order valence-corrected chi connectivity index (χ4v) is 3.37. The normalized spacial score (nSPS) is 11.0. The third-order valence-electron chi connectivity index (χ3n) is 4.65. The maximum atomic E-state index is 2.27. The summed E-state index contributed by atoms with van der Waals surface area (Å²) in [4.78, 5) is 0. The summed E-state index contributed by atoms with van der Waals surface area (Å²) < 4.78 is 2.27. The van der Waals surface area contributed by atoms with Crippen molar-refractivity contribution in [2.24, 2.45) is 0 Å². The lowest BCUT2D eigenvalue weighted by Gasteiger charge is -2.10. The molecular formula is C26H22N+. The lowest BCUT2D eigenvalue weighted by atomic mass is 9.99. The second kappa shape index (κ2) is 7.84. The van der Waals surface area contributed by atoms with Crippen LogP contribution in [0.25, 0.3) is 39.8 Å². The highest BCUT2D eigenvalue weighted by Gasteiger charge is 2.20. The van der Waals surface area contributed by atoms with Crippen molar-refractivity contribution in [3.05, 3.63) is 109 Å². The van der Waals surface area contributed by atoms with Crippen LogP contribution in [0.2, 0.25) is 0 Å². The van der Waals surface area contributed by atoms with Gasteiger partial charge >= 0.3 is 0 Å². The van der Waals surface area contributed by atoms with Gasteiger partial charge in [0, 0.05) is 23.3 Å². The Kier molecular flexibility index (Phi) is 4.93. The van der Waals surface area contributed by atoms with Gasteiger partial charge in [-0.25, -0.2) is 0 Å². The lowest BCUT2D eigenvalue weighted by molar-refractivity contribution is -0.544. The maximum Gasteiger partial charge on any atom is 0.219 e. The van der Waals surface area contributed by atoms with Gasteiger partial charge in [0.15, 0.2) is 6.20 Å². The van der Waals surface area contributed by atoms with Crippen molar-refractivity contribution in [2.75, 3.05) is 0 Å². The summed E-state index contributed by atoms with van der Waals surface area (Å²) in [6.07, 6.45) is 4.22. The highest BCUT2D eigenvalue weighted by Crippen LogP contribution is 2.29. The number of hydrogen-bond donors (Lipinski definition) is 0. The second-order valence-corrected chi connectivity index (χ2v) is 6.46. The highest BCUT2D eigenvalue weighted by atomic mass is 15.0. The molecule has 27 heavy (non-hydrogen) atoms. The van der Waals surface area contributed by atoms with E-state index in [0.717, 1.165) is 0 Å². The first-order chi connectivity index (χ1) is 13.4. The van der Waals surface area contributed by atoms with Crippen molar-refractivity contribution < 1.29 is 4.57 Å². The summed E-state index contributed by atoms with van der Waals surface area (Å²) in [5.74, 6) is 0. The van der Waals surface area contributed by atoms with Crippen LogP contribution in [0.15, 0.2) is 109 Å². The van der Waals surface area contributed by atoms with E-state index in [1.165, 1.54) is 33.6 Å². The van der Waals surface area contributed by atoms with E-state index >= 15 is 0 Å². The molecular weight excluding hydrogens is 326 g/mol. The second-order valence-electron chi connectivity index (χ2n) is 6.46. The third kappa shape index (κ3) is 3.58. The maximum absolute atomic E-state index is 2.27. The zero-order valence-corrected chi connectivity index (χ0v) is 15.4. The van der Waals surface area contributed by atoms with Gasteiger partial charge < -0.3 is 0 Å². The zero-order chi connectivity index (χ0) is 18.5. The van der Waals surface area contributed by atoms with Crippen molar-refractivity contribution in [3.63, 3.8) is 0 Å². The summed E-state index contributed by atoms with van der Waals surface area (Å²) in [6, 6.07) is 36.3. The summed E-state index contributed by atoms with van der Waals surface area (Å²) in [7, 11) is 0. The van der Waals surface area contributed by atoms with E-state index < -0.39 is 0 Å². The highest BCUT2D eigenvalue weighted by molar-refractivity contribution is 5.74. The minimum atomic E-state index is 1.17. The molecule has 0 spiro atoms. The van der Waals surface area contributed by atoms with Gasteiger partial charge in [-0.15, -0.1) is 0 Å². The molecule has 0 amide bonds. The molecule has 0 unspecified atom stereocenters. The number of aromatic nitrogens is 1. The van der Waals surface area contributed by atoms with Crippen LogP contribution in [0, 0.1) is 0 Å². The van der Waals surface area contributed by atoms with Crippen molar-refractivity contribution >= 4 is 6.20 Å². The molecule has 1 heterocycles. The molecule has 0 saturated heterocycles. The van der Waals surface area contributed by atoms with E-state index in [4.69, 9.17) is 0 Å². The number of hydrogen-bond acceptors (Lipinski definition) is 0. The van der Waals surface area contributed by atoms with E-state index in [-0.39, 0.29) is 0 Å². The van der Waals surface area contributed by atoms with Gasteiger partial charge in [0.1, 0.15) is 0 Å². The van der Waals surface area contributed by atoms with Crippen LogP contribution >= 0.6 is 0 Å². The first-order valence-electron chi connectivity index (χ1n) is 9.25. The summed E-state index contributed by atoms with van der Waals surface area (Å²) in [6.45, 7) is 2.06. The molecule has 0 atom stereocenters. The smallest absolute Gasteiger partial charge is 0.160 e. The Bertz CT molecular complexity index is 989. The first kappa shape index (κ1) is 17.0. The predicted molar refractivity (Wildman–Crippen MR) is 114 cm³/mol. The van der Waals surface area contributed by atoms with Gasteiger partial charge in [0.2, 0.25) is 11.4 Å². The fraction of sp³-hybridized carbons (Fsp3) is 0.0385. The molecule has 130 valence electrons. The molecule has 0 N–H and O–H groups in total. The number of allylic oxidation sites excluding steroid dienone is 1. The number of pyridine rings is 1. The minimum absolute atomic E-state index is 1.17. The number of benzene rings is 3.